The van der Waals surface area contributed by atoms with Gasteiger partial charge in [0.25, 0.3) is 0 Å². The molecule has 5 heteroatoms. The lowest BCUT2D eigenvalue weighted by Crippen LogP contribution is -2.01. The molecule has 0 spiro atoms. The summed E-state index contributed by atoms with van der Waals surface area (Å²) in [4.78, 5) is -0.0980. The zero-order valence-electron chi connectivity index (χ0n) is 6.78. The van der Waals surface area contributed by atoms with E-state index in [1.165, 1.54) is 18.2 Å². The minimum Gasteiger partial charge on any atom is -0.224 e. The Kier molecular flexibility index (Phi) is 2.60. The van der Waals surface area contributed by atoms with Gasteiger partial charge >= 0.3 is 0 Å². The molecule has 13 heavy (non-hydrogen) atoms. The SMILES string of the molecule is CS(=O)(=O)c1c(Cl)cccc1C#N. The number of nitrogens with zero attached hydrogens (tertiary/aromatic N) is 1. The minimum atomic E-state index is -3.43. The lowest BCUT2D eigenvalue weighted by Gasteiger charge is -2.02. The van der Waals surface area contributed by atoms with Crippen molar-refractivity contribution >= 4 is 21.4 Å². The van der Waals surface area contributed by atoms with Crippen LogP contribution in [0, 0.1) is 11.3 Å². The fourth-order valence-corrected chi connectivity index (χ4v) is 2.50. The molecule has 1 aromatic carbocycles. The Hall–Kier alpha value is -1.05. The number of sulfone groups is 1. The van der Waals surface area contributed by atoms with Gasteiger partial charge in [-0.15, -0.1) is 0 Å². The maximum absolute atomic E-state index is 11.2. The second-order valence-corrected chi connectivity index (χ2v) is 4.86. The van der Waals surface area contributed by atoms with Crippen molar-refractivity contribution in [1.82, 2.24) is 0 Å². The summed E-state index contributed by atoms with van der Waals surface area (Å²) in [6.07, 6.45) is 1.02. The molecule has 0 heterocycles. The van der Waals surface area contributed by atoms with Crippen LogP contribution in [-0.2, 0) is 9.84 Å². The molecule has 68 valence electrons. The predicted octanol–water partition coefficient (Wildman–Crippen LogP) is 1.62. The van der Waals surface area contributed by atoms with E-state index < -0.39 is 9.84 Å². The highest BCUT2D eigenvalue weighted by molar-refractivity contribution is 7.90. The first-order valence-electron chi connectivity index (χ1n) is 3.35. The second-order valence-electron chi connectivity index (χ2n) is 2.50. The molecule has 0 N–H and O–H groups in total. The van der Waals surface area contributed by atoms with Crippen LogP contribution in [0.15, 0.2) is 23.1 Å². The fourth-order valence-electron chi connectivity index (χ4n) is 0.974. The molecule has 0 radical (unpaired) electrons. The van der Waals surface area contributed by atoms with Crippen molar-refractivity contribution in [3.8, 4) is 6.07 Å². The molecule has 0 amide bonds. The Bertz CT molecular complexity index is 473. The summed E-state index contributed by atoms with van der Waals surface area (Å²) in [5.74, 6) is 0. The van der Waals surface area contributed by atoms with Crippen molar-refractivity contribution in [3.05, 3.63) is 28.8 Å². The Morgan fingerprint density at radius 2 is 2.08 bits per heavy atom. The van der Waals surface area contributed by atoms with Crippen LogP contribution >= 0.6 is 11.6 Å². The smallest absolute Gasteiger partial charge is 0.178 e. The first-order valence-corrected chi connectivity index (χ1v) is 5.62. The van der Waals surface area contributed by atoms with Gasteiger partial charge in [-0.1, -0.05) is 17.7 Å². The summed E-state index contributed by atoms with van der Waals surface area (Å²) in [7, 11) is -3.43. The van der Waals surface area contributed by atoms with Crippen LogP contribution < -0.4 is 0 Å². The van der Waals surface area contributed by atoms with Gasteiger partial charge in [-0.05, 0) is 12.1 Å². The van der Waals surface area contributed by atoms with Gasteiger partial charge in [-0.2, -0.15) is 5.26 Å². The van der Waals surface area contributed by atoms with Crippen molar-refractivity contribution < 1.29 is 8.42 Å². The van der Waals surface area contributed by atoms with Crippen LogP contribution in [0.5, 0.6) is 0 Å². The Balaban J connectivity index is 3.62. The molecule has 0 bridgehead atoms. The largest absolute Gasteiger partial charge is 0.224 e. The first kappa shape index (κ1) is 10.0. The number of rotatable bonds is 1. The Labute approximate surface area is 81.5 Å². The third-order valence-corrected chi connectivity index (χ3v) is 3.07. The highest BCUT2D eigenvalue weighted by Gasteiger charge is 2.16. The first-order chi connectivity index (χ1) is 5.96. The molecule has 0 aromatic heterocycles. The second kappa shape index (κ2) is 3.36. The van der Waals surface area contributed by atoms with Crippen LogP contribution in [0.2, 0.25) is 5.02 Å². The van der Waals surface area contributed by atoms with E-state index in [1.807, 2.05) is 0 Å². The van der Waals surface area contributed by atoms with Gasteiger partial charge in [-0.3, -0.25) is 0 Å². The summed E-state index contributed by atoms with van der Waals surface area (Å²) >= 11 is 5.66. The zero-order chi connectivity index (χ0) is 10.1. The lowest BCUT2D eigenvalue weighted by molar-refractivity contribution is 0.601. The van der Waals surface area contributed by atoms with Gasteiger partial charge in [0, 0.05) is 6.26 Å². The molecule has 0 aliphatic carbocycles. The maximum Gasteiger partial charge on any atom is 0.178 e. The van der Waals surface area contributed by atoms with E-state index in [-0.39, 0.29) is 15.5 Å². The summed E-state index contributed by atoms with van der Waals surface area (Å²) in [5, 5.41) is 8.72. The third-order valence-electron chi connectivity index (χ3n) is 1.46. The molecule has 0 aliphatic rings. The molecule has 0 aliphatic heterocycles. The summed E-state index contributed by atoms with van der Waals surface area (Å²) in [6, 6.07) is 6.18. The molecule has 1 rings (SSSR count). The standard InChI is InChI=1S/C8H6ClNO2S/c1-13(11,12)8-6(5-10)3-2-4-7(8)9/h2-4H,1H3. The number of hydrogen-bond acceptors (Lipinski definition) is 3. The van der Waals surface area contributed by atoms with Crippen LogP contribution in [0.3, 0.4) is 0 Å². The van der Waals surface area contributed by atoms with Crippen LogP contribution in [0.1, 0.15) is 5.56 Å². The molecule has 3 nitrogen and oxygen atoms in total. The van der Waals surface area contributed by atoms with E-state index in [9.17, 15) is 8.42 Å². The van der Waals surface area contributed by atoms with E-state index in [2.05, 4.69) is 0 Å². The molecule has 0 unspecified atom stereocenters. The van der Waals surface area contributed by atoms with Crippen molar-refractivity contribution in [3.63, 3.8) is 0 Å². The van der Waals surface area contributed by atoms with E-state index in [1.54, 1.807) is 6.07 Å². The van der Waals surface area contributed by atoms with E-state index in [0.29, 0.717) is 0 Å². The number of hydrogen-bond donors (Lipinski definition) is 0. The van der Waals surface area contributed by atoms with Gasteiger partial charge in [-0.25, -0.2) is 8.42 Å². The van der Waals surface area contributed by atoms with E-state index >= 15 is 0 Å². The van der Waals surface area contributed by atoms with Crippen molar-refractivity contribution in [2.45, 2.75) is 4.90 Å². The van der Waals surface area contributed by atoms with Gasteiger partial charge < -0.3 is 0 Å². The van der Waals surface area contributed by atoms with Gasteiger partial charge in [0.15, 0.2) is 9.84 Å². The predicted molar refractivity (Wildman–Crippen MR) is 49.3 cm³/mol. The van der Waals surface area contributed by atoms with E-state index in [4.69, 9.17) is 16.9 Å². The average molecular weight is 216 g/mol. The Morgan fingerprint density at radius 3 is 2.46 bits per heavy atom. The van der Waals surface area contributed by atoms with Gasteiger partial charge in [0.1, 0.15) is 11.0 Å². The number of nitriles is 1. The normalized spacial score (nSPS) is 10.8. The summed E-state index contributed by atoms with van der Waals surface area (Å²) in [6.45, 7) is 0. The monoisotopic (exact) mass is 215 g/mol. The highest BCUT2D eigenvalue weighted by Crippen LogP contribution is 2.24. The summed E-state index contributed by atoms with van der Waals surface area (Å²) in [5.41, 5.74) is 0.0787. The number of halogens is 1. The topological polar surface area (TPSA) is 57.9 Å². The van der Waals surface area contributed by atoms with Crippen LogP contribution in [0.4, 0.5) is 0 Å². The van der Waals surface area contributed by atoms with Crippen molar-refractivity contribution in [2.24, 2.45) is 0 Å². The van der Waals surface area contributed by atoms with Crippen molar-refractivity contribution in [1.29, 1.82) is 5.26 Å². The summed E-state index contributed by atoms with van der Waals surface area (Å²) < 4.78 is 22.4. The van der Waals surface area contributed by atoms with Gasteiger partial charge in [0.05, 0.1) is 10.6 Å². The lowest BCUT2D eigenvalue weighted by atomic mass is 10.2. The fraction of sp³-hybridized carbons (Fsp3) is 0.125. The van der Waals surface area contributed by atoms with Crippen molar-refractivity contribution in [2.75, 3.05) is 6.26 Å². The van der Waals surface area contributed by atoms with E-state index in [0.717, 1.165) is 6.26 Å². The molecule has 0 saturated heterocycles. The quantitative estimate of drug-likeness (QED) is 0.715. The minimum absolute atomic E-state index is 0.0787. The van der Waals surface area contributed by atoms with Crippen LogP contribution in [-0.4, -0.2) is 14.7 Å². The number of benzene rings is 1. The molecular formula is C8H6ClNO2S. The average Bonchev–Trinajstić information content (AvgIpc) is 2.01. The molecule has 0 fully saturated rings. The highest BCUT2D eigenvalue weighted by atomic mass is 35.5. The third kappa shape index (κ3) is 2.00. The molecule has 0 saturated carbocycles. The zero-order valence-corrected chi connectivity index (χ0v) is 8.35. The van der Waals surface area contributed by atoms with Gasteiger partial charge in [0.2, 0.25) is 0 Å². The molecule has 0 atom stereocenters. The molecular weight excluding hydrogens is 210 g/mol. The Morgan fingerprint density at radius 1 is 1.46 bits per heavy atom. The molecule has 1 aromatic rings. The van der Waals surface area contributed by atoms with Crippen LogP contribution in [0.25, 0.3) is 0 Å². The maximum atomic E-state index is 11.2.